The molecule has 0 spiro atoms. The minimum absolute atomic E-state index is 0.141. The molecule has 0 bridgehead atoms. The van der Waals surface area contributed by atoms with E-state index in [0.29, 0.717) is 13.2 Å². The lowest BCUT2D eigenvalue weighted by Gasteiger charge is -2.44. The Bertz CT molecular complexity index is 577. The number of carbonyl (C=O) groups excluding carboxylic acids is 1. The second-order valence-corrected chi connectivity index (χ2v) is 9.77. The van der Waals surface area contributed by atoms with Crippen molar-refractivity contribution in [2.75, 3.05) is 13.2 Å². The number of amides is 1. The first-order chi connectivity index (χ1) is 10.5. The standard InChI is InChI=1S/C17H26BrNO3S/c1-7-21-17(5,6)14-13-11(10-12(18)23-13)8-9-19(14)15(20)22-16(2,3)4/h10,14H,7-9H2,1-6H3. The van der Waals surface area contributed by atoms with E-state index in [1.54, 1.807) is 11.3 Å². The van der Waals surface area contributed by atoms with Crippen LogP contribution < -0.4 is 0 Å². The molecular formula is C17H26BrNO3S. The summed E-state index contributed by atoms with van der Waals surface area (Å²) >= 11 is 5.25. The van der Waals surface area contributed by atoms with Crippen molar-refractivity contribution in [1.82, 2.24) is 4.90 Å². The van der Waals surface area contributed by atoms with E-state index in [4.69, 9.17) is 9.47 Å². The van der Waals surface area contributed by atoms with E-state index in [0.717, 1.165) is 10.2 Å². The first-order valence-electron chi connectivity index (χ1n) is 7.97. The summed E-state index contributed by atoms with van der Waals surface area (Å²) in [7, 11) is 0. The minimum atomic E-state index is -0.506. The second kappa shape index (κ2) is 6.73. The van der Waals surface area contributed by atoms with Crippen LogP contribution in [-0.4, -0.2) is 35.3 Å². The van der Waals surface area contributed by atoms with Crippen LogP contribution in [0, 0.1) is 0 Å². The Labute approximate surface area is 151 Å². The van der Waals surface area contributed by atoms with E-state index in [-0.39, 0.29) is 12.1 Å². The maximum absolute atomic E-state index is 12.7. The summed E-state index contributed by atoms with van der Waals surface area (Å²) in [6.07, 6.45) is 0.570. The molecule has 0 saturated heterocycles. The van der Waals surface area contributed by atoms with E-state index in [9.17, 15) is 4.79 Å². The van der Waals surface area contributed by atoms with E-state index in [1.807, 2.05) is 46.4 Å². The van der Waals surface area contributed by atoms with Gasteiger partial charge in [-0.3, -0.25) is 4.90 Å². The van der Waals surface area contributed by atoms with Crippen molar-refractivity contribution < 1.29 is 14.3 Å². The monoisotopic (exact) mass is 403 g/mol. The van der Waals surface area contributed by atoms with Gasteiger partial charge in [0.25, 0.3) is 0 Å². The van der Waals surface area contributed by atoms with Crippen LogP contribution in [0.15, 0.2) is 9.85 Å². The highest BCUT2D eigenvalue weighted by molar-refractivity contribution is 9.11. The summed E-state index contributed by atoms with van der Waals surface area (Å²) in [5.41, 5.74) is 0.304. The van der Waals surface area contributed by atoms with Gasteiger partial charge in [0.15, 0.2) is 0 Å². The number of nitrogens with zero attached hydrogens (tertiary/aromatic N) is 1. The molecule has 1 aromatic heterocycles. The zero-order chi connectivity index (χ0) is 17.4. The predicted octanol–water partition coefficient (Wildman–Crippen LogP) is 5.16. The van der Waals surface area contributed by atoms with E-state index in [2.05, 4.69) is 22.0 Å². The van der Waals surface area contributed by atoms with Gasteiger partial charge in [-0.25, -0.2) is 4.79 Å². The Morgan fingerprint density at radius 2 is 2.04 bits per heavy atom. The lowest BCUT2D eigenvalue weighted by Crippen LogP contribution is -2.51. The maximum Gasteiger partial charge on any atom is 0.410 e. The van der Waals surface area contributed by atoms with Crippen LogP contribution in [0.3, 0.4) is 0 Å². The van der Waals surface area contributed by atoms with Gasteiger partial charge in [-0.1, -0.05) is 0 Å². The Morgan fingerprint density at radius 1 is 1.39 bits per heavy atom. The van der Waals surface area contributed by atoms with Crippen LogP contribution in [-0.2, 0) is 15.9 Å². The number of fused-ring (bicyclic) bond motifs is 1. The number of ether oxygens (including phenoxy) is 2. The van der Waals surface area contributed by atoms with Gasteiger partial charge in [0.2, 0.25) is 0 Å². The smallest absolute Gasteiger partial charge is 0.410 e. The molecule has 0 N–H and O–H groups in total. The third-order valence-corrected chi connectivity index (χ3v) is 5.53. The quantitative estimate of drug-likeness (QED) is 0.699. The van der Waals surface area contributed by atoms with Crippen molar-refractivity contribution in [3.63, 3.8) is 0 Å². The maximum atomic E-state index is 12.7. The molecule has 4 nitrogen and oxygen atoms in total. The van der Waals surface area contributed by atoms with Gasteiger partial charge in [0, 0.05) is 18.0 Å². The van der Waals surface area contributed by atoms with Gasteiger partial charge in [-0.15, -0.1) is 11.3 Å². The topological polar surface area (TPSA) is 38.8 Å². The first kappa shape index (κ1) is 18.7. The largest absolute Gasteiger partial charge is 0.444 e. The van der Waals surface area contributed by atoms with Crippen molar-refractivity contribution in [1.29, 1.82) is 0 Å². The second-order valence-electron chi connectivity index (χ2n) is 7.30. The molecule has 1 aliphatic rings. The third-order valence-electron chi connectivity index (χ3n) is 3.80. The Hall–Kier alpha value is -0.590. The zero-order valence-corrected chi connectivity index (χ0v) is 17.1. The normalized spacial score (nSPS) is 18.7. The average molecular weight is 404 g/mol. The lowest BCUT2D eigenvalue weighted by atomic mass is 9.89. The molecular weight excluding hydrogens is 378 g/mol. The zero-order valence-electron chi connectivity index (χ0n) is 14.7. The summed E-state index contributed by atoms with van der Waals surface area (Å²) < 4.78 is 12.7. The molecule has 1 atom stereocenters. The SMILES string of the molecule is CCOC(C)(C)C1c2sc(Br)cc2CCN1C(=O)OC(C)(C)C. The van der Waals surface area contributed by atoms with Gasteiger partial charge < -0.3 is 9.47 Å². The van der Waals surface area contributed by atoms with Crippen molar-refractivity contribution in [3.8, 4) is 0 Å². The number of thiophene rings is 1. The Morgan fingerprint density at radius 3 is 2.61 bits per heavy atom. The van der Waals surface area contributed by atoms with Crippen molar-refractivity contribution in [2.24, 2.45) is 0 Å². The van der Waals surface area contributed by atoms with E-state index < -0.39 is 11.2 Å². The molecule has 0 aromatic carbocycles. The fourth-order valence-electron chi connectivity index (χ4n) is 3.01. The number of rotatable bonds is 3. The molecule has 0 aliphatic carbocycles. The van der Waals surface area contributed by atoms with E-state index in [1.165, 1.54) is 10.4 Å². The molecule has 1 amide bonds. The van der Waals surface area contributed by atoms with Crippen LogP contribution >= 0.6 is 27.3 Å². The summed E-state index contributed by atoms with van der Waals surface area (Å²) in [6.45, 7) is 13.0. The fourth-order valence-corrected chi connectivity index (χ4v) is 5.03. The third kappa shape index (κ3) is 4.28. The highest BCUT2D eigenvalue weighted by Crippen LogP contribution is 2.45. The number of hydrogen-bond acceptors (Lipinski definition) is 4. The molecule has 6 heteroatoms. The Balaban J connectivity index is 2.40. The first-order valence-corrected chi connectivity index (χ1v) is 9.58. The molecule has 2 heterocycles. The molecule has 0 fully saturated rings. The van der Waals surface area contributed by atoms with Crippen LogP contribution in [0.5, 0.6) is 0 Å². The lowest BCUT2D eigenvalue weighted by molar-refractivity contribution is -0.0810. The fraction of sp³-hybridized carbons (Fsp3) is 0.706. The average Bonchev–Trinajstić information content (AvgIpc) is 2.74. The van der Waals surface area contributed by atoms with Crippen molar-refractivity contribution >= 4 is 33.4 Å². The molecule has 2 rings (SSSR count). The molecule has 130 valence electrons. The van der Waals surface area contributed by atoms with E-state index >= 15 is 0 Å². The summed E-state index contributed by atoms with van der Waals surface area (Å²) in [4.78, 5) is 15.7. The van der Waals surface area contributed by atoms with Crippen LogP contribution in [0.25, 0.3) is 0 Å². The number of halogens is 1. The Kier molecular flexibility index (Phi) is 5.48. The van der Waals surface area contributed by atoms with Gasteiger partial charge in [-0.2, -0.15) is 0 Å². The van der Waals surface area contributed by atoms with Crippen LogP contribution in [0.4, 0.5) is 4.79 Å². The van der Waals surface area contributed by atoms with Gasteiger partial charge in [0.1, 0.15) is 5.60 Å². The van der Waals surface area contributed by atoms with Gasteiger partial charge >= 0.3 is 6.09 Å². The predicted molar refractivity (Wildman–Crippen MR) is 97.1 cm³/mol. The summed E-state index contributed by atoms with van der Waals surface area (Å²) in [5.74, 6) is 0. The van der Waals surface area contributed by atoms with Crippen molar-refractivity contribution in [3.05, 3.63) is 20.3 Å². The summed E-state index contributed by atoms with van der Waals surface area (Å²) in [6, 6.07) is 2.01. The molecule has 1 aliphatic heterocycles. The highest BCUT2D eigenvalue weighted by atomic mass is 79.9. The molecule has 23 heavy (non-hydrogen) atoms. The van der Waals surface area contributed by atoms with Crippen LogP contribution in [0.2, 0.25) is 0 Å². The van der Waals surface area contributed by atoms with Gasteiger partial charge in [-0.05, 0) is 75.5 Å². The minimum Gasteiger partial charge on any atom is -0.444 e. The molecule has 1 unspecified atom stereocenters. The van der Waals surface area contributed by atoms with Crippen LogP contribution in [0.1, 0.15) is 58.0 Å². The summed E-state index contributed by atoms with van der Waals surface area (Å²) in [5, 5.41) is 0. The molecule has 0 radical (unpaired) electrons. The number of hydrogen-bond donors (Lipinski definition) is 0. The van der Waals surface area contributed by atoms with Gasteiger partial charge in [0.05, 0.1) is 15.4 Å². The molecule has 1 aromatic rings. The highest BCUT2D eigenvalue weighted by Gasteiger charge is 2.44. The van der Waals surface area contributed by atoms with Crippen molar-refractivity contribution in [2.45, 2.75) is 65.2 Å². The number of carbonyl (C=O) groups is 1. The molecule has 0 saturated carbocycles.